The highest BCUT2D eigenvalue weighted by Crippen LogP contribution is 2.27. The molecule has 0 aromatic carbocycles. The number of hydrogen-bond donors (Lipinski definition) is 3. The molecule has 7 heteroatoms. The zero-order chi connectivity index (χ0) is 21.6. The van der Waals surface area contributed by atoms with Gasteiger partial charge in [-0.15, -0.1) is 11.6 Å². The van der Waals surface area contributed by atoms with Crippen molar-refractivity contribution in [2.45, 2.75) is 65.7 Å². The average molecular weight is 423 g/mol. The number of carbonyl (C=O) groups excluding carboxylic acids is 1. The van der Waals surface area contributed by atoms with Crippen molar-refractivity contribution in [2.24, 2.45) is 0 Å². The summed E-state index contributed by atoms with van der Waals surface area (Å²) in [7, 11) is 1.33. The van der Waals surface area contributed by atoms with Crippen LogP contribution in [0.1, 0.15) is 76.0 Å². The first-order valence-corrected chi connectivity index (χ1v) is 10.6. The SMILES string of the molecule is CCCCc1[nH]c(Cc2[nH]c(C(=O)O)c(CCC(=O)OC)c2C)c(C)c1CCCl. The Hall–Kier alpha value is -2.21. The van der Waals surface area contributed by atoms with E-state index in [0.717, 1.165) is 42.6 Å². The fourth-order valence-electron chi connectivity index (χ4n) is 3.80. The molecule has 0 spiro atoms. The van der Waals surface area contributed by atoms with Gasteiger partial charge in [0.15, 0.2) is 0 Å². The van der Waals surface area contributed by atoms with E-state index in [1.165, 1.54) is 23.9 Å². The van der Waals surface area contributed by atoms with E-state index in [0.29, 0.717) is 24.3 Å². The van der Waals surface area contributed by atoms with Gasteiger partial charge in [-0.05, 0) is 61.8 Å². The van der Waals surface area contributed by atoms with Gasteiger partial charge in [0.05, 0.1) is 7.11 Å². The fourth-order valence-corrected chi connectivity index (χ4v) is 3.99. The highest BCUT2D eigenvalue weighted by Gasteiger charge is 2.22. The van der Waals surface area contributed by atoms with Crippen molar-refractivity contribution in [2.75, 3.05) is 13.0 Å². The summed E-state index contributed by atoms with van der Waals surface area (Å²) in [4.78, 5) is 29.9. The minimum absolute atomic E-state index is 0.150. The molecule has 2 aromatic heterocycles. The summed E-state index contributed by atoms with van der Waals surface area (Å²) >= 11 is 6.02. The number of aromatic amines is 2. The van der Waals surface area contributed by atoms with Gasteiger partial charge in [0.2, 0.25) is 0 Å². The monoisotopic (exact) mass is 422 g/mol. The number of methoxy groups -OCH3 is 1. The van der Waals surface area contributed by atoms with Crippen molar-refractivity contribution < 1.29 is 19.4 Å². The maximum Gasteiger partial charge on any atom is 0.352 e. The lowest BCUT2D eigenvalue weighted by atomic mass is 10.0. The topological polar surface area (TPSA) is 95.2 Å². The summed E-state index contributed by atoms with van der Waals surface area (Å²) in [6.07, 6.45) is 5.09. The van der Waals surface area contributed by atoms with E-state index in [1.807, 2.05) is 6.92 Å². The number of carboxylic acids is 1. The Morgan fingerprint density at radius 3 is 2.24 bits per heavy atom. The van der Waals surface area contributed by atoms with Gasteiger partial charge in [0.25, 0.3) is 0 Å². The number of hydrogen-bond acceptors (Lipinski definition) is 3. The van der Waals surface area contributed by atoms with Crippen molar-refractivity contribution in [1.82, 2.24) is 9.97 Å². The molecule has 0 aliphatic rings. The molecule has 0 saturated heterocycles. The molecule has 0 amide bonds. The van der Waals surface area contributed by atoms with Crippen molar-refractivity contribution in [3.8, 4) is 0 Å². The van der Waals surface area contributed by atoms with E-state index in [2.05, 4.69) is 28.6 Å². The minimum atomic E-state index is -1.02. The maximum atomic E-state index is 11.7. The molecule has 29 heavy (non-hydrogen) atoms. The summed E-state index contributed by atoms with van der Waals surface area (Å²) in [6, 6.07) is 0. The van der Waals surface area contributed by atoms with Crippen LogP contribution in [0.4, 0.5) is 0 Å². The van der Waals surface area contributed by atoms with Crippen LogP contribution in [-0.2, 0) is 35.2 Å². The van der Waals surface area contributed by atoms with Crippen LogP contribution < -0.4 is 0 Å². The van der Waals surface area contributed by atoms with Gasteiger partial charge in [-0.1, -0.05) is 13.3 Å². The maximum absolute atomic E-state index is 11.7. The molecule has 160 valence electrons. The molecule has 0 fully saturated rings. The predicted octanol–water partition coefficient (Wildman–Crippen LogP) is 4.48. The Morgan fingerprint density at radius 1 is 1.00 bits per heavy atom. The van der Waals surface area contributed by atoms with E-state index in [4.69, 9.17) is 11.6 Å². The second-order valence-corrected chi connectivity index (χ2v) is 7.75. The lowest BCUT2D eigenvalue weighted by Gasteiger charge is -2.04. The summed E-state index contributed by atoms with van der Waals surface area (Å²) in [5.74, 6) is -0.802. The molecule has 0 saturated carbocycles. The summed E-state index contributed by atoms with van der Waals surface area (Å²) in [6.45, 7) is 6.17. The normalized spacial score (nSPS) is 11.1. The van der Waals surface area contributed by atoms with Crippen LogP contribution in [-0.4, -0.2) is 40.0 Å². The molecule has 2 aromatic rings. The highest BCUT2D eigenvalue weighted by atomic mass is 35.5. The van der Waals surface area contributed by atoms with Gasteiger partial charge in [-0.25, -0.2) is 4.79 Å². The second kappa shape index (κ2) is 10.5. The molecule has 0 unspecified atom stereocenters. The van der Waals surface area contributed by atoms with Crippen LogP contribution in [0, 0.1) is 13.8 Å². The smallest absolute Gasteiger partial charge is 0.352 e. The van der Waals surface area contributed by atoms with Crippen LogP contribution in [0.3, 0.4) is 0 Å². The number of halogens is 1. The van der Waals surface area contributed by atoms with Gasteiger partial charge in [0.1, 0.15) is 5.69 Å². The van der Waals surface area contributed by atoms with Crippen LogP contribution in [0.25, 0.3) is 0 Å². The number of unbranched alkanes of at least 4 members (excludes halogenated alkanes) is 1. The Kier molecular flexibility index (Phi) is 8.38. The van der Waals surface area contributed by atoms with Crippen molar-refractivity contribution >= 4 is 23.5 Å². The van der Waals surface area contributed by atoms with Crippen LogP contribution >= 0.6 is 11.6 Å². The highest BCUT2D eigenvalue weighted by molar-refractivity contribution is 6.18. The molecule has 0 radical (unpaired) electrons. The zero-order valence-corrected chi connectivity index (χ0v) is 18.5. The molecular weight excluding hydrogens is 392 g/mol. The van der Waals surface area contributed by atoms with Crippen LogP contribution in [0.15, 0.2) is 0 Å². The number of carbonyl (C=O) groups is 2. The number of ether oxygens (including phenoxy) is 1. The summed E-state index contributed by atoms with van der Waals surface area (Å²) < 4.78 is 4.69. The molecular formula is C22H31ClN2O4. The van der Waals surface area contributed by atoms with E-state index < -0.39 is 5.97 Å². The number of alkyl halides is 1. The lowest BCUT2D eigenvalue weighted by Crippen LogP contribution is -2.06. The Morgan fingerprint density at radius 2 is 1.66 bits per heavy atom. The number of aryl methyl sites for hydroxylation is 1. The van der Waals surface area contributed by atoms with Crippen molar-refractivity contribution in [3.63, 3.8) is 0 Å². The zero-order valence-electron chi connectivity index (χ0n) is 17.7. The molecule has 2 heterocycles. The number of nitrogens with one attached hydrogen (secondary N) is 2. The van der Waals surface area contributed by atoms with Gasteiger partial charge < -0.3 is 19.8 Å². The first-order valence-electron chi connectivity index (χ1n) is 10.1. The first-order chi connectivity index (χ1) is 13.8. The van der Waals surface area contributed by atoms with E-state index in [9.17, 15) is 14.7 Å². The van der Waals surface area contributed by atoms with Crippen molar-refractivity contribution in [1.29, 1.82) is 0 Å². The Labute approximate surface area is 177 Å². The third kappa shape index (κ3) is 5.44. The van der Waals surface area contributed by atoms with Crippen LogP contribution in [0.2, 0.25) is 0 Å². The number of carboxylic acid groups (broad SMARTS) is 1. The molecule has 0 bridgehead atoms. The molecule has 2 rings (SSSR count). The molecule has 0 aliphatic carbocycles. The fraction of sp³-hybridized carbons (Fsp3) is 0.545. The summed E-state index contributed by atoms with van der Waals surface area (Å²) in [5, 5.41) is 9.59. The number of esters is 1. The number of aromatic nitrogens is 2. The average Bonchev–Trinajstić information content (AvgIpc) is 3.16. The standard InChI is InChI=1S/C22H31ClN2O4/c1-5-6-7-17-15(10-11-23)13(2)18(24-17)12-19-14(3)16(8-9-20(26)29-4)21(25-19)22(27)28/h24-25H,5-12H2,1-4H3,(H,27,28). The van der Waals surface area contributed by atoms with Gasteiger partial charge in [-0.2, -0.15) is 0 Å². The largest absolute Gasteiger partial charge is 0.477 e. The number of H-pyrrole nitrogens is 2. The minimum Gasteiger partial charge on any atom is -0.477 e. The Balaban J connectivity index is 2.36. The second-order valence-electron chi connectivity index (χ2n) is 7.37. The first kappa shape index (κ1) is 23.1. The third-order valence-electron chi connectivity index (χ3n) is 5.55. The lowest BCUT2D eigenvalue weighted by molar-refractivity contribution is -0.140. The van der Waals surface area contributed by atoms with Gasteiger partial charge in [0, 0.05) is 35.8 Å². The molecule has 3 N–H and O–H groups in total. The molecule has 0 atom stereocenters. The molecule has 6 nitrogen and oxygen atoms in total. The van der Waals surface area contributed by atoms with Gasteiger partial charge >= 0.3 is 11.9 Å². The Bertz CT molecular complexity index is 867. The third-order valence-corrected chi connectivity index (χ3v) is 5.74. The summed E-state index contributed by atoms with van der Waals surface area (Å²) in [5.41, 5.74) is 7.33. The van der Waals surface area contributed by atoms with E-state index in [-0.39, 0.29) is 18.1 Å². The molecule has 0 aliphatic heterocycles. The number of aromatic carboxylic acids is 1. The van der Waals surface area contributed by atoms with E-state index in [1.54, 1.807) is 0 Å². The van der Waals surface area contributed by atoms with Crippen LogP contribution in [0.5, 0.6) is 0 Å². The quantitative estimate of drug-likeness (QED) is 0.367. The van der Waals surface area contributed by atoms with Crippen molar-refractivity contribution in [3.05, 3.63) is 45.0 Å². The number of rotatable bonds is 11. The van der Waals surface area contributed by atoms with Gasteiger partial charge in [-0.3, -0.25) is 4.79 Å². The van der Waals surface area contributed by atoms with E-state index >= 15 is 0 Å². The predicted molar refractivity (Wildman–Crippen MR) is 114 cm³/mol.